The summed E-state index contributed by atoms with van der Waals surface area (Å²) < 4.78 is 5.27. The highest BCUT2D eigenvalue weighted by Crippen LogP contribution is 2.25. The van der Waals surface area contributed by atoms with Gasteiger partial charge in [0.05, 0.1) is 25.2 Å². The summed E-state index contributed by atoms with van der Waals surface area (Å²) in [7, 11) is 1.54. The maximum atomic E-state index is 12.5. The number of aromatic nitrogens is 2. The van der Waals surface area contributed by atoms with Crippen LogP contribution >= 0.6 is 0 Å². The van der Waals surface area contributed by atoms with Gasteiger partial charge in [0.15, 0.2) is 0 Å². The first-order chi connectivity index (χ1) is 13.9. The number of rotatable bonds is 6. The van der Waals surface area contributed by atoms with Gasteiger partial charge < -0.3 is 20.7 Å². The Morgan fingerprint density at radius 1 is 0.966 bits per heavy atom. The molecule has 0 aliphatic rings. The number of hydrogen-bond donors (Lipinski definition) is 3. The van der Waals surface area contributed by atoms with Gasteiger partial charge in [-0.25, -0.2) is 9.97 Å². The average Bonchev–Trinajstić information content (AvgIpc) is 2.68. The molecule has 0 bridgehead atoms. The lowest BCUT2D eigenvalue weighted by Gasteiger charge is -2.11. The first kappa shape index (κ1) is 19.8. The Balaban J connectivity index is 1.69. The molecule has 0 fully saturated rings. The Hall–Kier alpha value is -3.94. The van der Waals surface area contributed by atoms with E-state index in [2.05, 4.69) is 25.9 Å². The Labute approximate surface area is 168 Å². The summed E-state index contributed by atoms with van der Waals surface area (Å²) in [5, 5.41) is 8.58. The standard InChI is InChI=1S/C21H21N5O3/c1-13-7-8-19(29-3)17(9-13)26-21(28)18-11-23-20(12-22-18)25-16-6-4-5-15(10-16)24-14(2)27/h4-12H,1-3H3,(H,23,25)(H,24,27)(H,26,28). The van der Waals surface area contributed by atoms with Crippen molar-refractivity contribution < 1.29 is 14.3 Å². The second-order valence-electron chi connectivity index (χ2n) is 6.33. The van der Waals surface area contributed by atoms with E-state index in [0.717, 1.165) is 11.3 Å². The van der Waals surface area contributed by atoms with Gasteiger partial charge in [-0.15, -0.1) is 0 Å². The van der Waals surface area contributed by atoms with Crippen LogP contribution in [0.3, 0.4) is 0 Å². The van der Waals surface area contributed by atoms with E-state index in [9.17, 15) is 9.59 Å². The zero-order valence-corrected chi connectivity index (χ0v) is 16.3. The fraction of sp³-hybridized carbons (Fsp3) is 0.143. The zero-order valence-electron chi connectivity index (χ0n) is 16.3. The number of nitrogens with zero attached hydrogens (tertiary/aromatic N) is 2. The van der Waals surface area contributed by atoms with Gasteiger partial charge in [-0.1, -0.05) is 12.1 Å². The maximum absolute atomic E-state index is 12.5. The Bertz CT molecular complexity index is 1030. The van der Waals surface area contributed by atoms with Crippen molar-refractivity contribution in [3.8, 4) is 5.75 Å². The highest BCUT2D eigenvalue weighted by molar-refractivity contribution is 6.03. The maximum Gasteiger partial charge on any atom is 0.275 e. The second-order valence-corrected chi connectivity index (χ2v) is 6.33. The first-order valence-electron chi connectivity index (χ1n) is 8.87. The third-order valence-electron chi connectivity index (χ3n) is 3.94. The molecule has 0 aliphatic heterocycles. The fourth-order valence-corrected chi connectivity index (χ4v) is 2.64. The lowest BCUT2D eigenvalue weighted by molar-refractivity contribution is -0.114. The molecule has 3 aromatic rings. The van der Waals surface area contributed by atoms with Crippen molar-refractivity contribution in [2.75, 3.05) is 23.1 Å². The van der Waals surface area contributed by atoms with Crippen molar-refractivity contribution in [3.63, 3.8) is 0 Å². The predicted octanol–water partition coefficient (Wildman–Crippen LogP) is 3.75. The summed E-state index contributed by atoms with van der Waals surface area (Å²) in [5.74, 6) is 0.493. The smallest absolute Gasteiger partial charge is 0.275 e. The molecule has 0 unspecified atom stereocenters. The minimum Gasteiger partial charge on any atom is -0.495 e. The highest BCUT2D eigenvalue weighted by Gasteiger charge is 2.12. The van der Waals surface area contributed by atoms with E-state index in [1.807, 2.05) is 25.1 Å². The highest BCUT2D eigenvalue weighted by atomic mass is 16.5. The predicted molar refractivity (Wildman–Crippen MR) is 112 cm³/mol. The molecule has 148 valence electrons. The van der Waals surface area contributed by atoms with Gasteiger partial charge in [0, 0.05) is 18.3 Å². The quantitative estimate of drug-likeness (QED) is 0.591. The van der Waals surface area contributed by atoms with Crippen LogP contribution < -0.4 is 20.7 Å². The summed E-state index contributed by atoms with van der Waals surface area (Å²) in [5.41, 5.74) is 3.13. The molecule has 1 aromatic heterocycles. The van der Waals surface area contributed by atoms with Crippen LogP contribution in [-0.4, -0.2) is 28.9 Å². The van der Waals surface area contributed by atoms with Crippen molar-refractivity contribution in [3.05, 3.63) is 66.1 Å². The Kier molecular flexibility index (Phi) is 6.03. The average molecular weight is 391 g/mol. The number of carbonyl (C=O) groups is 2. The van der Waals surface area contributed by atoms with Crippen LogP contribution in [0.5, 0.6) is 5.75 Å². The summed E-state index contributed by atoms with van der Waals surface area (Å²) in [6.45, 7) is 3.37. The van der Waals surface area contributed by atoms with Crippen LogP contribution in [0.25, 0.3) is 0 Å². The van der Waals surface area contributed by atoms with Crippen LogP contribution in [0.2, 0.25) is 0 Å². The van der Waals surface area contributed by atoms with Gasteiger partial charge in [-0.3, -0.25) is 9.59 Å². The van der Waals surface area contributed by atoms with Crippen LogP contribution in [0.4, 0.5) is 22.9 Å². The lowest BCUT2D eigenvalue weighted by atomic mass is 10.2. The Morgan fingerprint density at radius 2 is 1.76 bits per heavy atom. The third-order valence-corrected chi connectivity index (χ3v) is 3.94. The van der Waals surface area contributed by atoms with Crippen molar-refractivity contribution >= 4 is 34.7 Å². The number of ether oxygens (including phenoxy) is 1. The molecule has 0 saturated carbocycles. The van der Waals surface area contributed by atoms with Crippen LogP contribution in [0.15, 0.2) is 54.9 Å². The summed E-state index contributed by atoms with van der Waals surface area (Å²) in [6, 6.07) is 12.7. The molecule has 1 heterocycles. The number of amides is 2. The SMILES string of the molecule is COc1ccc(C)cc1NC(=O)c1cnc(Nc2cccc(NC(C)=O)c2)cn1. The topological polar surface area (TPSA) is 105 Å². The summed E-state index contributed by atoms with van der Waals surface area (Å²) >= 11 is 0. The van der Waals surface area contributed by atoms with Gasteiger partial charge in [0.2, 0.25) is 5.91 Å². The number of anilines is 4. The largest absolute Gasteiger partial charge is 0.495 e. The molecule has 0 aliphatic carbocycles. The number of methoxy groups -OCH3 is 1. The van der Waals surface area contributed by atoms with Gasteiger partial charge >= 0.3 is 0 Å². The van der Waals surface area contributed by atoms with Gasteiger partial charge in [-0.05, 0) is 42.8 Å². The molecule has 8 nitrogen and oxygen atoms in total. The normalized spacial score (nSPS) is 10.2. The molecular weight excluding hydrogens is 370 g/mol. The summed E-state index contributed by atoms with van der Waals surface area (Å²) in [6.07, 6.45) is 2.85. The van der Waals surface area contributed by atoms with Crippen LogP contribution in [0.1, 0.15) is 23.0 Å². The monoisotopic (exact) mass is 391 g/mol. The molecule has 0 spiro atoms. The number of aryl methyl sites for hydroxylation is 1. The number of hydrogen-bond acceptors (Lipinski definition) is 6. The minimum absolute atomic E-state index is 0.150. The van der Waals surface area contributed by atoms with Crippen molar-refractivity contribution in [1.29, 1.82) is 0 Å². The molecule has 3 rings (SSSR count). The number of nitrogens with one attached hydrogen (secondary N) is 3. The van der Waals surface area contributed by atoms with E-state index in [4.69, 9.17) is 4.74 Å². The van der Waals surface area contributed by atoms with E-state index < -0.39 is 0 Å². The van der Waals surface area contributed by atoms with Crippen molar-refractivity contribution in [2.45, 2.75) is 13.8 Å². The van der Waals surface area contributed by atoms with Crippen LogP contribution in [-0.2, 0) is 4.79 Å². The van der Waals surface area contributed by atoms with E-state index in [-0.39, 0.29) is 17.5 Å². The zero-order chi connectivity index (χ0) is 20.8. The van der Waals surface area contributed by atoms with E-state index >= 15 is 0 Å². The molecule has 29 heavy (non-hydrogen) atoms. The molecule has 0 radical (unpaired) electrons. The van der Waals surface area contributed by atoms with E-state index in [0.29, 0.717) is 22.9 Å². The molecule has 0 saturated heterocycles. The van der Waals surface area contributed by atoms with E-state index in [1.54, 1.807) is 31.4 Å². The van der Waals surface area contributed by atoms with Gasteiger partial charge in [0.25, 0.3) is 5.91 Å². The Morgan fingerprint density at radius 3 is 2.45 bits per heavy atom. The first-order valence-corrected chi connectivity index (χ1v) is 8.87. The van der Waals surface area contributed by atoms with Gasteiger partial charge in [0.1, 0.15) is 17.3 Å². The molecule has 2 amide bonds. The number of benzene rings is 2. The van der Waals surface area contributed by atoms with Crippen molar-refractivity contribution in [2.24, 2.45) is 0 Å². The minimum atomic E-state index is -0.388. The molecule has 2 aromatic carbocycles. The van der Waals surface area contributed by atoms with E-state index in [1.165, 1.54) is 19.3 Å². The molecule has 3 N–H and O–H groups in total. The second kappa shape index (κ2) is 8.83. The van der Waals surface area contributed by atoms with Crippen LogP contribution in [0, 0.1) is 6.92 Å². The summed E-state index contributed by atoms with van der Waals surface area (Å²) in [4.78, 5) is 32.1. The van der Waals surface area contributed by atoms with Gasteiger partial charge in [-0.2, -0.15) is 0 Å². The molecular formula is C21H21N5O3. The number of carbonyl (C=O) groups excluding carboxylic acids is 2. The third kappa shape index (κ3) is 5.29. The fourth-order valence-electron chi connectivity index (χ4n) is 2.64. The molecule has 0 atom stereocenters. The molecule has 8 heteroatoms. The van der Waals surface area contributed by atoms with Crippen molar-refractivity contribution in [1.82, 2.24) is 9.97 Å². The lowest BCUT2D eigenvalue weighted by Crippen LogP contribution is -2.15.